The van der Waals surface area contributed by atoms with Crippen LogP contribution in [-0.2, 0) is 0 Å². The van der Waals surface area contributed by atoms with Gasteiger partial charge in [0.25, 0.3) is 0 Å². The number of hydrogen-bond donors (Lipinski definition) is 0. The quantitative estimate of drug-likeness (QED) is 0.272. The molecule has 0 saturated heterocycles. The third kappa shape index (κ3) is 7.63. The molecule has 0 atom stereocenters. The van der Waals surface area contributed by atoms with Gasteiger partial charge in [-0.1, -0.05) is 120 Å². The van der Waals surface area contributed by atoms with Gasteiger partial charge in [-0.25, -0.2) is 0 Å². The molecule has 0 spiro atoms. The molecule has 0 aliphatic rings. The molecule has 0 N–H and O–H groups in total. The molecule has 0 bridgehead atoms. The molecule has 2 aromatic carbocycles. The SMILES string of the molecule is C/C=C\c1c([O-])c(Sc2c([O-])c(/C=C\C)c(/C=C\C)c(/C=C\C)c2/C=C\C)c(/C=C\C)c(/C=C\C)c1/C=C\C.[Mg+2]. The van der Waals surface area contributed by atoms with E-state index in [0.29, 0.717) is 20.9 Å². The van der Waals surface area contributed by atoms with Gasteiger partial charge in [0.15, 0.2) is 0 Å². The zero-order valence-electron chi connectivity index (χ0n) is 25.2. The van der Waals surface area contributed by atoms with Gasteiger partial charge in [-0.15, -0.1) is 0 Å². The zero-order chi connectivity index (χ0) is 28.9. The van der Waals surface area contributed by atoms with Crippen LogP contribution in [-0.4, -0.2) is 23.1 Å². The maximum absolute atomic E-state index is 14.2. The Balaban J connectivity index is 0.00000800. The van der Waals surface area contributed by atoms with Crippen molar-refractivity contribution in [3.8, 4) is 11.5 Å². The van der Waals surface area contributed by atoms with Gasteiger partial charge >= 0.3 is 23.1 Å². The first kappa shape index (κ1) is 35.1. The Morgan fingerprint density at radius 3 is 0.800 bits per heavy atom. The second-order valence-corrected chi connectivity index (χ2v) is 9.75. The molecular weight excluding hydrogens is 521 g/mol. The molecule has 0 aromatic heterocycles. The van der Waals surface area contributed by atoms with Crippen LogP contribution in [0.25, 0.3) is 48.6 Å². The summed E-state index contributed by atoms with van der Waals surface area (Å²) in [7, 11) is 0. The van der Waals surface area contributed by atoms with Gasteiger partial charge in [0.05, 0.1) is 0 Å². The molecule has 2 aromatic rings. The van der Waals surface area contributed by atoms with Crippen molar-refractivity contribution in [2.75, 3.05) is 0 Å². The maximum Gasteiger partial charge on any atom is 2.00 e. The molecule has 204 valence electrons. The smallest absolute Gasteiger partial charge is 0.871 e. The van der Waals surface area contributed by atoms with Crippen LogP contribution in [0.15, 0.2) is 58.4 Å². The van der Waals surface area contributed by atoms with E-state index in [-0.39, 0.29) is 34.6 Å². The standard InChI is InChI=1S/C36H42O2S.Mg/c1-9-17-25-27(19-11-3)31(23-15-7)35(33(37)29(25)21-13-5)39-36-32(24-16-8)28(20-12-4)26(18-10-2)30(22-14-6)34(36)38;/h9-24,37-38H,1-8H3;/q;+2/p-2/b17-9-,18-10-,19-11-,20-12-,21-13-,22-14-,23-15-,24-16-;. The van der Waals surface area contributed by atoms with Gasteiger partial charge < -0.3 is 10.2 Å². The van der Waals surface area contributed by atoms with Crippen LogP contribution in [0, 0.1) is 0 Å². The predicted molar refractivity (Wildman–Crippen MR) is 179 cm³/mol. The Morgan fingerprint density at radius 2 is 0.550 bits per heavy atom. The Bertz CT molecular complexity index is 1310. The average Bonchev–Trinajstić information content (AvgIpc) is 2.92. The summed E-state index contributed by atoms with van der Waals surface area (Å²) in [5, 5.41) is 28.3. The van der Waals surface area contributed by atoms with E-state index in [4.69, 9.17) is 0 Å². The topological polar surface area (TPSA) is 46.1 Å². The third-order valence-corrected chi connectivity index (χ3v) is 7.22. The molecular formula is C36H40MgO2S. The van der Waals surface area contributed by atoms with E-state index in [9.17, 15) is 10.2 Å². The van der Waals surface area contributed by atoms with Crippen LogP contribution >= 0.6 is 11.8 Å². The maximum atomic E-state index is 14.2. The predicted octanol–water partition coefficient (Wildman–Crippen LogP) is 9.87. The minimum atomic E-state index is -0.0870. The largest absolute Gasteiger partial charge is 2.00 e. The number of rotatable bonds is 10. The van der Waals surface area contributed by atoms with Crippen LogP contribution in [0.1, 0.15) is 99.9 Å². The number of hydrogen-bond acceptors (Lipinski definition) is 3. The van der Waals surface area contributed by atoms with Gasteiger partial charge in [0.1, 0.15) is 0 Å². The summed E-state index contributed by atoms with van der Waals surface area (Å²) in [5.41, 5.74) is 6.53. The Hall–Kier alpha value is -2.92. The Morgan fingerprint density at radius 1 is 0.350 bits per heavy atom. The molecule has 0 heterocycles. The first-order chi connectivity index (χ1) is 18.9. The molecule has 2 rings (SSSR count). The Labute approximate surface area is 262 Å². The molecule has 0 fully saturated rings. The number of allylic oxidation sites excluding steroid dienone is 8. The summed E-state index contributed by atoms with van der Waals surface area (Å²) in [6.07, 6.45) is 31.3. The van der Waals surface area contributed by atoms with Crippen molar-refractivity contribution in [2.45, 2.75) is 65.2 Å². The van der Waals surface area contributed by atoms with Crippen LogP contribution in [0.3, 0.4) is 0 Å². The van der Waals surface area contributed by atoms with Crippen molar-refractivity contribution in [1.29, 1.82) is 0 Å². The van der Waals surface area contributed by atoms with E-state index >= 15 is 0 Å². The van der Waals surface area contributed by atoms with Crippen LogP contribution < -0.4 is 10.2 Å². The molecule has 4 heteroatoms. The average molecular weight is 561 g/mol. The molecule has 0 saturated carbocycles. The summed E-state index contributed by atoms with van der Waals surface area (Å²) < 4.78 is 0. The van der Waals surface area contributed by atoms with Crippen LogP contribution in [0.4, 0.5) is 0 Å². The molecule has 0 unspecified atom stereocenters. The fourth-order valence-electron chi connectivity index (χ4n) is 4.58. The van der Waals surface area contributed by atoms with Crippen molar-refractivity contribution in [3.63, 3.8) is 0 Å². The van der Waals surface area contributed by atoms with Gasteiger partial charge in [-0.3, -0.25) is 0 Å². The molecule has 0 amide bonds. The molecule has 0 aliphatic carbocycles. The van der Waals surface area contributed by atoms with Crippen LogP contribution in [0.2, 0.25) is 0 Å². The monoisotopic (exact) mass is 560 g/mol. The molecule has 0 radical (unpaired) electrons. The van der Waals surface area contributed by atoms with E-state index in [0.717, 1.165) is 33.4 Å². The van der Waals surface area contributed by atoms with Gasteiger partial charge in [-0.2, -0.15) is 0 Å². The first-order valence-corrected chi connectivity index (χ1v) is 14.2. The molecule has 40 heavy (non-hydrogen) atoms. The second-order valence-electron chi connectivity index (χ2n) is 8.73. The van der Waals surface area contributed by atoms with Gasteiger partial charge in [-0.05, 0) is 99.9 Å². The normalized spacial score (nSPS) is 12.8. The van der Waals surface area contributed by atoms with E-state index in [1.54, 1.807) is 0 Å². The minimum absolute atomic E-state index is 0. The fourth-order valence-corrected chi connectivity index (χ4v) is 5.76. The minimum Gasteiger partial charge on any atom is -0.871 e. The second kappa shape index (κ2) is 17.7. The third-order valence-electron chi connectivity index (χ3n) is 6.00. The van der Waals surface area contributed by atoms with Gasteiger partial charge in [0.2, 0.25) is 0 Å². The summed E-state index contributed by atoms with van der Waals surface area (Å²) in [6.45, 7) is 15.5. The van der Waals surface area contributed by atoms with Crippen molar-refractivity contribution in [2.24, 2.45) is 0 Å². The van der Waals surface area contributed by atoms with E-state index in [1.165, 1.54) is 11.8 Å². The van der Waals surface area contributed by atoms with Crippen molar-refractivity contribution in [3.05, 3.63) is 93.1 Å². The van der Waals surface area contributed by atoms with Crippen molar-refractivity contribution >= 4 is 83.4 Å². The summed E-state index contributed by atoms with van der Waals surface area (Å²) in [5.74, 6) is -0.174. The fraction of sp³-hybridized carbons (Fsp3) is 0.222. The van der Waals surface area contributed by atoms with Crippen molar-refractivity contribution < 1.29 is 10.2 Å². The summed E-state index contributed by atoms with van der Waals surface area (Å²) in [4.78, 5) is 1.09. The van der Waals surface area contributed by atoms with Gasteiger partial charge in [0, 0.05) is 9.79 Å². The number of benzene rings is 2. The van der Waals surface area contributed by atoms with Crippen molar-refractivity contribution in [1.82, 2.24) is 0 Å². The van der Waals surface area contributed by atoms with Crippen LogP contribution in [0.5, 0.6) is 11.5 Å². The first-order valence-electron chi connectivity index (χ1n) is 13.4. The summed E-state index contributed by atoms with van der Waals surface area (Å²) in [6, 6.07) is 0. The van der Waals surface area contributed by atoms with E-state index < -0.39 is 0 Å². The summed E-state index contributed by atoms with van der Waals surface area (Å²) >= 11 is 1.28. The molecule has 2 nitrogen and oxygen atoms in total. The zero-order valence-corrected chi connectivity index (χ0v) is 27.4. The van der Waals surface area contributed by atoms with E-state index in [2.05, 4.69) is 0 Å². The Kier molecular flexibility index (Phi) is 15.5. The van der Waals surface area contributed by atoms with E-state index in [1.807, 2.05) is 153 Å². The molecule has 0 aliphatic heterocycles.